The Kier molecular flexibility index (Phi) is 2.14. The summed E-state index contributed by atoms with van der Waals surface area (Å²) in [6.07, 6.45) is 11.1. The van der Waals surface area contributed by atoms with Crippen molar-refractivity contribution in [1.29, 1.82) is 0 Å². The number of aromatic amines is 1. The van der Waals surface area contributed by atoms with Crippen LogP contribution in [0.1, 0.15) is 17.8 Å². The number of hydrogen-bond donors (Lipinski definition) is 1. The number of rotatable bonds is 1. The fourth-order valence-corrected chi connectivity index (χ4v) is 1.72. The smallest absolute Gasteiger partial charge is 0.157 e. The third-order valence-electron chi connectivity index (χ3n) is 2.50. The van der Waals surface area contributed by atoms with E-state index in [9.17, 15) is 0 Å². The topological polar surface area (TPSA) is 41.6 Å². The molecule has 0 aromatic carbocycles. The van der Waals surface area contributed by atoms with Crippen molar-refractivity contribution >= 4 is 12.2 Å². The molecule has 0 bridgehead atoms. The van der Waals surface area contributed by atoms with E-state index in [0.29, 0.717) is 0 Å². The molecule has 0 saturated heterocycles. The molecule has 3 rings (SSSR count). The van der Waals surface area contributed by atoms with E-state index < -0.39 is 0 Å². The highest BCUT2D eigenvalue weighted by Crippen LogP contribution is 2.19. The second kappa shape index (κ2) is 3.77. The van der Waals surface area contributed by atoms with E-state index >= 15 is 0 Å². The van der Waals surface area contributed by atoms with Crippen molar-refractivity contribution in [3.05, 3.63) is 47.9 Å². The van der Waals surface area contributed by atoms with Gasteiger partial charge in [0.25, 0.3) is 0 Å². The Labute approximate surface area is 93.6 Å². The van der Waals surface area contributed by atoms with Crippen molar-refractivity contribution in [3.63, 3.8) is 0 Å². The largest absolute Gasteiger partial charge is 0.337 e. The maximum atomic E-state index is 4.52. The molecule has 3 nitrogen and oxygen atoms in total. The van der Waals surface area contributed by atoms with Crippen LogP contribution in [0.25, 0.3) is 23.7 Å². The Morgan fingerprint density at radius 2 is 2.06 bits per heavy atom. The average Bonchev–Trinajstić information content (AvgIpc) is 2.62. The van der Waals surface area contributed by atoms with E-state index in [2.05, 4.69) is 33.2 Å². The predicted molar refractivity (Wildman–Crippen MR) is 64.5 cm³/mol. The number of fused-ring (bicyclic) bond motifs is 1. The van der Waals surface area contributed by atoms with Gasteiger partial charge in [0, 0.05) is 6.20 Å². The maximum Gasteiger partial charge on any atom is 0.157 e. The standard InChI is InChI=1S/C13H11N3/c1-2-6-10-11(7-3-1)16-13(15-10)12-8-4-5-9-14-12/h2-9H,1H2,(H,15,16). The molecule has 0 amide bonds. The second-order valence-electron chi connectivity index (χ2n) is 3.64. The zero-order chi connectivity index (χ0) is 10.8. The molecule has 0 radical (unpaired) electrons. The molecule has 1 aliphatic carbocycles. The van der Waals surface area contributed by atoms with Crippen LogP contribution in [0.2, 0.25) is 0 Å². The van der Waals surface area contributed by atoms with E-state index in [4.69, 9.17) is 0 Å². The first kappa shape index (κ1) is 9.09. The van der Waals surface area contributed by atoms with Crippen LogP contribution < -0.4 is 0 Å². The molecule has 0 unspecified atom stereocenters. The predicted octanol–water partition coefficient (Wildman–Crippen LogP) is 2.90. The summed E-state index contributed by atoms with van der Waals surface area (Å²) in [7, 11) is 0. The highest BCUT2D eigenvalue weighted by molar-refractivity contribution is 5.66. The first-order chi connectivity index (χ1) is 7.93. The first-order valence-electron chi connectivity index (χ1n) is 5.28. The molecule has 2 aromatic rings. The average molecular weight is 209 g/mol. The van der Waals surface area contributed by atoms with E-state index in [0.717, 1.165) is 29.3 Å². The van der Waals surface area contributed by atoms with Crippen molar-refractivity contribution in [2.45, 2.75) is 6.42 Å². The number of pyridine rings is 1. The number of imidazole rings is 1. The molecule has 0 aliphatic heterocycles. The second-order valence-corrected chi connectivity index (χ2v) is 3.64. The van der Waals surface area contributed by atoms with Crippen molar-refractivity contribution in [3.8, 4) is 11.5 Å². The summed E-state index contributed by atoms with van der Waals surface area (Å²) in [5.74, 6) is 0.821. The van der Waals surface area contributed by atoms with Crippen LogP contribution in [0.5, 0.6) is 0 Å². The third kappa shape index (κ3) is 1.56. The number of H-pyrrole nitrogens is 1. The van der Waals surface area contributed by atoms with Crippen molar-refractivity contribution in [2.75, 3.05) is 0 Å². The van der Waals surface area contributed by atoms with Crippen molar-refractivity contribution in [2.24, 2.45) is 0 Å². The highest BCUT2D eigenvalue weighted by Gasteiger charge is 2.08. The summed E-state index contributed by atoms with van der Waals surface area (Å²) in [6, 6.07) is 5.81. The van der Waals surface area contributed by atoms with Crippen LogP contribution in [0.4, 0.5) is 0 Å². The molecular weight excluding hydrogens is 198 g/mol. The Balaban J connectivity index is 2.09. The van der Waals surface area contributed by atoms with E-state index in [1.165, 1.54) is 0 Å². The molecule has 16 heavy (non-hydrogen) atoms. The summed E-state index contributed by atoms with van der Waals surface area (Å²) in [5.41, 5.74) is 2.90. The minimum atomic E-state index is 0.821. The maximum absolute atomic E-state index is 4.52. The number of nitrogens with zero attached hydrogens (tertiary/aromatic N) is 2. The monoisotopic (exact) mass is 209 g/mol. The molecule has 2 heterocycles. The number of nitrogens with one attached hydrogen (secondary N) is 1. The van der Waals surface area contributed by atoms with Gasteiger partial charge in [0.1, 0.15) is 5.69 Å². The quantitative estimate of drug-likeness (QED) is 0.784. The van der Waals surface area contributed by atoms with Crippen LogP contribution in [0.15, 0.2) is 36.5 Å². The Morgan fingerprint density at radius 1 is 1.12 bits per heavy atom. The Hall–Kier alpha value is -2.16. The summed E-state index contributed by atoms with van der Waals surface area (Å²) in [6.45, 7) is 0. The van der Waals surface area contributed by atoms with Crippen molar-refractivity contribution < 1.29 is 0 Å². The Morgan fingerprint density at radius 3 is 2.94 bits per heavy atom. The zero-order valence-electron chi connectivity index (χ0n) is 8.72. The summed E-state index contributed by atoms with van der Waals surface area (Å²) in [4.78, 5) is 12.1. The normalized spacial score (nSPS) is 13.5. The highest BCUT2D eigenvalue weighted by atomic mass is 15.0. The minimum Gasteiger partial charge on any atom is -0.337 e. The van der Waals surface area contributed by atoms with Crippen LogP contribution in [-0.4, -0.2) is 15.0 Å². The van der Waals surface area contributed by atoms with Crippen LogP contribution in [0.3, 0.4) is 0 Å². The van der Waals surface area contributed by atoms with E-state index in [1.807, 2.05) is 24.3 Å². The number of allylic oxidation sites excluding steroid dienone is 2. The molecule has 0 fully saturated rings. The molecule has 1 N–H and O–H groups in total. The van der Waals surface area contributed by atoms with Gasteiger partial charge in [-0.05, 0) is 30.7 Å². The van der Waals surface area contributed by atoms with Gasteiger partial charge in [0.15, 0.2) is 5.82 Å². The van der Waals surface area contributed by atoms with E-state index in [1.54, 1.807) is 6.20 Å². The minimum absolute atomic E-state index is 0.821. The first-order valence-corrected chi connectivity index (χ1v) is 5.28. The molecule has 3 heteroatoms. The summed E-state index contributed by atoms with van der Waals surface area (Å²) in [5, 5.41) is 0. The van der Waals surface area contributed by atoms with Gasteiger partial charge in [-0.1, -0.05) is 18.2 Å². The SMILES string of the molecule is C1=Cc2nc(-c3ccccn3)[nH]c2C=CC1. The van der Waals surface area contributed by atoms with Crippen LogP contribution >= 0.6 is 0 Å². The van der Waals surface area contributed by atoms with Gasteiger partial charge in [0.05, 0.1) is 11.4 Å². The molecule has 2 aromatic heterocycles. The van der Waals surface area contributed by atoms with Gasteiger partial charge < -0.3 is 4.98 Å². The number of hydrogen-bond acceptors (Lipinski definition) is 2. The van der Waals surface area contributed by atoms with Crippen LogP contribution in [0, 0.1) is 0 Å². The fraction of sp³-hybridized carbons (Fsp3) is 0.0769. The van der Waals surface area contributed by atoms with Crippen molar-refractivity contribution in [1.82, 2.24) is 15.0 Å². The third-order valence-corrected chi connectivity index (χ3v) is 2.50. The molecule has 1 aliphatic rings. The van der Waals surface area contributed by atoms with Crippen LogP contribution in [-0.2, 0) is 0 Å². The summed E-state index contributed by atoms with van der Waals surface area (Å²) < 4.78 is 0. The van der Waals surface area contributed by atoms with Gasteiger partial charge in [0.2, 0.25) is 0 Å². The van der Waals surface area contributed by atoms with E-state index in [-0.39, 0.29) is 0 Å². The lowest BCUT2D eigenvalue weighted by molar-refractivity contribution is 1.22. The molecular formula is C13H11N3. The van der Waals surface area contributed by atoms with Gasteiger partial charge in [-0.25, -0.2) is 4.98 Å². The van der Waals surface area contributed by atoms with Gasteiger partial charge in [-0.2, -0.15) is 0 Å². The van der Waals surface area contributed by atoms with Gasteiger partial charge >= 0.3 is 0 Å². The molecule has 0 atom stereocenters. The lowest BCUT2D eigenvalue weighted by atomic mass is 10.3. The lowest BCUT2D eigenvalue weighted by Gasteiger charge is -1.92. The van der Waals surface area contributed by atoms with Gasteiger partial charge in [-0.3, -0.25) is 4.98 Å². The molecule has 0 spiro atoms. The summed E-state index contributed by atoms with van der Waals surface area (Å²) >= 11 is 0. The fourth-order valence-electron chi connectivity index (χ4n) is 1.72. The lowest BCUT2D eigenvalue weighted by Crippen LogP contribution is -1.83. The zero-order valence-corrected chi connectivity index (χ0v) is 8.72. The molecule has 0 saturated carbocycles. The molecule has 78 valence electrons. The Bertz CT molecular complexity index is 520. The van der Waals surface area contributed by atoms with Gasteiger partial charge in [-0.15, -0.1) is 0 Å². The number of aromatic nitrogens is 3.